The Morgan fingerprint density at radius 2 is 1.87 bits per heavy atom. The van der Waals surface area contributed by atoms with Crippen LogP contribution in [0.1, 0.15) is 83.3 Å². The van der Waals surface area contributed by atoms with Crippen molar-refractivity contribution in [3.8, 4) is 0 Å². The molecule has 5 aliphatic rings. The molecule has 4 N–H and O–H groups in total. The summed E-state index contributed by atoms with van der Waals surface area (Å²) in [6.45, 7) is 10.2. The van der Waals surface area contributed by atoms with E-state index in [2.05, 4.69) is 47.0 Å². The van der Waals surface area contributed by atoms with Gasteiger partial charge in [0.25, 0.3) is 5.56 Å². The van der Waals surface area contributed by atoms with Crippen LogP contribution in [-0.4, -0.2) is 52.5 Å². The number of amides is 3. The highest BCUT2D eigenvalue weighted by Gasteiger charge is 2.67. The molecule has 2 aliphatic heterocycles. The lowest BCUT2D eigenvalue weighted by Crippen LogP contribution is -2.63. The molecule has 2 aromatic carbocycles. The summed E-state index contributed by atoms with van der Waals surface area (Å²) in [6.07, 6.45) is 1.05. The molecule has 3 heterocycles. The zero-order chi connectivity index (χ0) is 38.8. The first kappa shape index (κ1) is 38.3. The molecule has 3 aliphatic carbocycles. The van der Waals surface area contributed by atoms with Crippen LogP contribution in [0.25, 0.3) is 0 Å². The molecule has 4 fully saturated rings. The van der Waals surface area contributed by atoms with Crippen LogP contribution >= 0.6 is 11.8 Å². The number of halogens is 3. The minimum absolute atomic E-state index is 0.00246. The molecule has 2 unspecified atom stereocenters. The Hall–Kier alpha value is -4.02. The molecule has 16 heteroatoms. The van der Waals surface area contributed by atoms with Crippen molar-refractivity contribution in [3.63, 3.8) is 0 Å². The molecular weight excluding hydrogens is 720 g/mol. The average Bonchev–Trinajstić information content (AvgIpc) is 3.64. The molecule has 7 atom stereocenters. The smallest absolute Gasteiger partial charge is 0.404 e. The van der Waals surface area contributed by atoms with Gasteiger partial charge in [-0.1, -0.05) is 39.0 Å². The van der Waals surface area contributed by atoms with E-state index in [9.17, 15) is 27.6 Å². The van der Waals surface area contributed by atoms with E-state index in [0.717, 1.165) is 29.9 Å². The Morgan fingerprint density at radius 1 is 1.11 bits per heavy atom. The molecule has 54 heavy (non-hydrogen) atoms. The molecule has 1 aromatic heterocycles. The predicted octanol–water partition coefficient (Wildman–Crippen LogP) is 6.74. The summed E-state index contributed by atoms with van der Waals surface area (Å²) in [4.78, 5) is 47.5. The number of rotatable bonds is 10. The Morgan fingerprint density at radius 3 is 2.57 bits per heavy atom. The van der Waals surface area contributed by atoms with Crippen molar-refractivity contribution in [1.82, 2.24) is 20.2 Å². The highest BCUT2D eigenvalue weighted by atomic mass is 32.2. The van der Waals surface area contributed by atoms with Gasteiger partial charge in [-0.2, -0.15) is 13.2 Å². The van der Waals surface area contributed by atoms with E-state index in [1.54, 1.807) is 13.0 Å². The van der Waals surface area contributed by atoms with E-state index in [-0.39, 0.29) is 36.0 Å². The second-order valence-corrected chi connectivity index (χ2v) is 16.9. The minimum Gasteiger partial charge on any atom is -0.404 e. The van der Waals surface area contributed by atoms with Crippen LogP contribution in [0.5, 0.6) is 0 Å². The number of nitrogens with zero attached hydrogens (tertiary/aromatic N) is 2. The summed E-state index contributed by atoms with van der Waals surface area (Å²) in [6, 6.07) is 10.5. The van der Waals surface area contributed by atoms with Gasteiger partial charge < -0.3 is 30.6 Å². The fourth-order valence-corrected chi connectivity index (χ4v) is 9.36. The maximum absolute atomic E-state index is 14.3. The number of fused-ring (bicyclic) bond motifs is 1. The first-order valence-corrected chi connectivity index (χ1v) is 19.6. The van der Waals surface area contributed by atoms with Crippen molar-refractivity contribution in [1.29, 1.82) is 0 Å². The minimum atomic E-state index is -4.52. The molecule has 11 nitrogen and oxygen atoms in total. The van der Waals surface area contributed by atoms with Gasteiger partial charge in [0, 0.05) is 23.5 Å². The molecule has 2 bridgehead atoms. The lowest BCUT2D eigenvalue weighted by atomic mass is 9.45. The number of carbonyl (C=O) groups is 2. The molecule has 3 aromatic rings. The van der Waals surface area contributed by atoms with Crippen LogP contribution in [0.3, 0.4) is 0 Å². The number of nitrogens with one attached hydrogen (secondary N) is 4. The van der Waals surface area contributed by atoms with E-state index >= 15 is 0 Å². The molecule has 3 amide bonds. The number of carbonyl (C=O) groups excluding carboxylic acids is 2. The second-order valence-electron chi connectivity index (χ2n) is 16.0. The van der Waals surface area contributed by atoms with Gasteiger partial charge in [0.15, 0.2) is 0 Å². The Kier molecular flexibility index (Phi) is 9.87. The Balaban J connectivity index is 1.15. The van der Waals surface area contributed by atoms with Gasteiger partial charge in [-0.25, -0.2) is 9.78 Å². The normalized spacial score (nSPS) is 28.4. The molecule has 1 saturated heterocycles. The Bertz CT molecular complexity index is 2020. The first-order chi connectivity index (χ1) is 25.5. The van der Waals surface area contributed by atoms with Crippen LogP contribution in [0.4, 0.5) is 29.3 Å². The summed E-state index contributed by atoms with van der Waals surface area (Å²) < 4.78 is 54.5. The van der Waals surface area contributed by atoms with Crippen LogP contribution in [-0.2, 0) is 32.4 Å². The van der Waals surface area contributed by atoms with Crippen molar-refractivity contribution in [2.45, 2.75) is 107 Å². The maximum Gasteiger partial charge on any atom is 0.481 e. The number of hydrogen-bond donors (Lipinski definition) is 4. The van der Waals surface area contributed by atoms with Gasteiger partial charge in [-0.05, 0) is 92.5 Å². The summed E-state index contributed by atoms with van der Waals surface area (Å²) in [5, 5.41) is 11.8. The van der Waals surface area contributed by atoms with Crippen molar-refractivity contribution in [2.75, 3.05) is 16.9 Å². The van der Waals surface area contributed by atoms with Gasteiger partial charge in [-0.3, -0.25) is 14.2 Å². The van der Waals surface area contributed by atoms with E-state index < -0.39 is 59.5 Å². The SMILES string of the molecule is CC[C@H](NC(=O)[C@@H]1C[C@@](C)(NC(=O)Nc2cccc(SC)c2)c2ncc(NCc3cccc(C(F)(F)F)c3)c(=O)n21)B1O[C@@H]2C3CC(C[C@]2(C)O1)C3(C)C. The zero-order valence-electron chi connectivity index (χ0n) is 31.2. The number of aromatic nitrogens is 2. The zero-order valence-corrected chi connectivity index (χ0v) is 32.0. The third-order valence-electron chi connectivity index (χ3n) is 12.1. The van der Waals surface area contributed by atoms with Gasteiger partial charge >= 0.3 is 19.3 Å². The third kappa shape index (κ3) is 6.89. The molecule has 0 spiro atoms. The van der Waals surface area contributed by atoms with Crippen molar-refractivity contribution in [3.05, 3.63) is 82.0 Å². The predicted molar refractivity (Wildman–Crippen MR) is 201 cm³/mol. The lowest BCUT2D eigenvalue weighted by molar-refractivity contribution is -0.185. The number of alkyl halides is 3. The monoisotopic (exact) mass is 766 g/mol. The van der Waals surface area contributed by atoms with E-state index in [1.165, 1.54) is 34.7 Å². The van der Waals surface area contributed by atoms with Crippen LogP contribution in [0.15, 0.2) is 64.4 Å². The molecular formula is C38H46BF3N6O5S. The van der Waals surface area contributed by atoms with Crippen LogP contribution in [0.2, 0.25) is 0 Å². The quantitative estimate of drug-likeness (QED) is 0.132. The maximum atomic E-state index is 14.3. The fourth-order valence-electron chi connectivity index (χ4n) is 8.90. The number of benzene rings is 2. The lowest BCUT2D eigenvalue weighted by Gasteiger charge is -2.63. The number of thioether (sulfide) groups is 1. The molecule has 3 saturated carbocycles. The van der Waals surface area contributed by atoms with Crippen LogP contribution in [0, 0.1) is 17.3 Å². The standard InChI is InChI=1S/C38H46BF3N6O5S/c1-7-29(39-52-30-26-15-23(35(26,2)3)17-37(30,5)53-39)46-31(49)28-18-36(4,47-34(51)45-24-12-9-13-25(16-24)54-6)33-44-20-27(32(50)48(28)33)43-19-21-10-8-11-22(14-21)38(40,41)42/h8-14,16,20,23,26,28-30,43H,7,15,17-19H2,1-6H3,(H,46,49)(H2,45,47,51)/t23?,26?,28-,29-,30+,36+,37-/m0/s1. The number of anilines is 2. The van der Waals surface area contributed by atoms with Crippen molar-refractivity contribution in [2.24, 2.45) is 17.3 Å². The van der Waals surface area contributed by atoms with Gasteiger partial charge in [-0.15, -0.1) is 11.8 Å². The van der Waals surface area contributed by atoms with E-state index in [4.69, 9.17) is 9.31 Å². The van der Waals surface area contributed by atoms with Gasteiger partial charge in [0.2, 0.25) is 5.91 Å². The molecule has 0 radical (unpaired) electrons. The number of hydrogen-bond acceptors (Lipinski definition) is 8. The second kappa shape index (κ2) is 13.9. The van der Waals surface area contributed by atoms with E-state index in [0.29, 0.717) is 29.5 Å². The highest BCUT2D eigenvalue weighted by Crippen LogP contribution is 2.64. The molecule has 288 valence electrons. The van der Waals surface area contributed by atoms with Crippen molar-refractivity contribution >= 4 is 42.2 Å². The topological polar surface area (TPSA) is 136 Å². The van der Waals surface area contributed by atoms with E-state index in [1.807, 2.05) is 31.4 Å². The summed E-state index contributed by atoms with van der Waals surface area (Å²) in [5.41, 5.74) is -2.13. The average molecular weight is 767 g/mol. The van der Waals surface area contributed by atoms with Crippen molar-refractivity contribution < 1.29 is 32.1 Å². The van der Waals surface area contributed by atoms with Gasteiger partial charge in [0.1, 0.15) is 17.6 Å². The summed E-state index contributed by atoms with van der Waals surface area (Å²) >= 11 is 1.53. The van der Waals surface area contributed by atoms with Gasteiger partial charge in [0.05, 0.1) is 34.9 Å². The Labute approximate surface area is 317 Å². The third-order valence-corrected chi connectivity index (χ3v) is 12.8. The summed E-state index contributed by atoms with van der Waals surface area (Å²) in [7, 11) is -0.687. The first-order valence-electron chi connectivity index (χ1n) is 18.3. The largest absolute Gasteiger partial charge is 0.481 e. The van der Waals surface area contributed by atoms with Crippen LogP contribution < -0.4 is 26.8 Å². The highest BCUT2D eigenvalue weighted by molar-refractivity contribution is 7.98. The number of urea groups is 1. The summed E-state index contributed by atoms with van der Waals surface area (Å²) in [5.74, 6) is 0.0586. The fraction of sp³-hybridized carbons (Fsp3) is 0.526. The molecule has 8 rings (SSSR count).